The summed E-state index contributed by atoms with van der Waals surface area (Å²) in [7, 11) is 0. The third kappa shape index (κ3) is 2.96. The first-order chi connectivity index (χ1) is 14.5. The summed E-state index contributed by atoms with van der Waals surface area (Å²) in [5, 5.41) is 7.72. The average molecular weight is 411 g/mol. The molecule has 0 radical (unpaired) electrons. The fourth-order valence-electron chi connectivity index (χ4n) is 7.04. The molecule has 1 N–H and O–H groups in total. The second-order valence-corrected chi connectivity index (χ2v) is 10.4. The number of nitrogens with one attached hydrogen (secondary N) is 1. The Kier molecular flexibility index (Phi) is 4.06. The highest BCUT2D eigenvalue weighted by Crippen LogP contribution is 2.61. The second-order valence-electron chi connectivity index (χ2n) is 10.4. The van der Waals surface area contributed by atoms with Gasteiger partial charge in [0.25, 0.3) is 0 Å². The number of aromatic nitrogens is 3. The van der Waals surface area contributed by atoms with E-state index in [9.17, 15) is 9.59 Å². The summed E-state index contributed by atoms with van der Waals surface area (Å²) in [6, 6.07) is 3.90. The van der Waals surface area contributed by atoms with Crippen molar-refractivity contribution in [2.75, 3.05) is 0 Å². The summed E-state index contributed by atoms with van der Waals surface area (Å²) in [6.07, 6.45) is 11.4. The molecule has 5 fully saturated rings. The fraction of sp³-hybridized carbons (Fsp3) is 0.696. The molecule has 1 amide bonds. The summed E-state index contributed by atoms with van der Waals surface area (Å²) in [5.41, 5.74) is 0.0312. The van der Waals surface area contributed by atoms with E-state index in [1.165, 1.54) is 43.2 Å². The van der Waals surface area contributed by atoms with Crippen molar-refractivity contribution in [3.8, 4) is 11.6 Å². The van der Waals surface area contributed by atoms with Crippen molar-refractivity contribution in [2.24, 2.45) is 23.2 Å². The molecule has 0 spiro atoms. The Labute approximate surface area is 175 Å². The Hall–Kier alpha value is -2.31. The molecule has 2 aromatic rings. The van der Waals surface area contributed by atoms with Gasteiger partial charge in [0.05, 0.1) is 6.26 Å². The maximum Gasteiger partial charge on any atom is 0.347 e. The SMILES string of the molecule is CC(NC(=O)Cn1nc(-c2ccco2)n(C2CC2)c1=O)C12CC3CC(CC(C3)C1)C2. The van der Waals surface area contributed by atoms with Crippen molar-refractivity contribution in [3.05, 3.63) is 28.9 Å². The number of hydrogen-bond donors (Lipinski definition) is 1. The Balaban J connectivity index is 1.20. The standard InChI is InChI=1S/C23H30N4O3/c1-14(23-10-15-7-16(11-23)9-17(8-15)12-23)24-20(28)13-26-22(29)27(18-4-5-18)21(25-26)19-3-2-6-30-19/h2-3,6,14-18H,4-5,7-13H2,1H3,(H,24,28). The van der Waals surface area contributed by atoms with Gasteiger partial charge in [-0.15, -0.1) is 5.10 Å². The topological polar surface area (TPSA) is 82.1 Å². The lowest BCUT2D eigenvalue weighted by Crippen LogP contribution is -2.56. The lowest BCUT2D eigenvalue weighted by molar-refractivity contribution is -0.126. The maximum absolute atomic E-state index is 13.0. The van der Waals surface area contributed by atoms with Crippen LogP contribution in [-0.4, -0.2) is 26.3 Å². The molecule has 0 aromatic carbocycles. The van der Waals surface area contributed by atoms with Crippen LogP contribution in [0.4, 0.5) is 0 Å². The van der Waals surface area contributed by atoms with Gasteiger partial charge < -0.3 is 9.73 Å². The van der Waals surface area contributed by atoms with E-state index < -0.39 is 0 Å². The van der Waals surface area contributed by atoms with Crippen molar-refractivity contribution in [1.82, 2.24) is 19.7 Å². The summed E-state index contributed by atoms with van der Waals surface area (Å²) in [5.74, 6) is 3.52. The zero-order chi connectivity index (χ0) is 20.5. The zero-order valence-corrected chi connectivity index (χ0v) is 17.5. The van der Waals surface area contributed by atoms with Crippen LogP contribution in [0.3, 0.4) is 0 Å². The molecule has 0 saturated heterocycles. The highest BCUT2D eigenvalue weighted by atomic mass is 16.3. The van der Waals surface area contributed by atoms with E-state index in [4.69, 9.17) is 4.42 Å². The molecule has 7 nitrogen and oxygen atoms in total. The van der Waals surface area contributed by atoms with E-state index in [0.29, 0.717) is 11.6 Å². The predicted molar refractivity (Wildman–Crippen MR) is 111 cm³/mol. The predicted octanol–water partition coefficient (Wildman–Crippen LogP) is 3.36. The third-order valence-corrected chi connectivity index (χ3v) is 8.20. The van der Waals surface area contributed by atoms with E-state index in [1.807, 2.05) is 0 Å². The normalized spacial score (nSPS) is 33.0. The van der Waals surface area contributed by atoms with Crippen LogP contribution >= 0.6 is 0 Å². The zero-order valence-electron chi connectivity index (χ0n) is 17.5. The first kappa shape index (κ1) is 18.5. The van der Waals surface area contributed by atoms with Crippen molar-refractivity contribution in [2.45, 2.75) is 76.9 Å². The molecule has 7 rings (SSSR count). The van der Waals surface area contributed by atoms with Gasteiger partial charge in [-0.25, -0.2) is 9.48 Å². The number of rotatable bonds is 6. The minimum Gasteiger partial charge on any atom is -0.461 e. The van der Waals surface area contributed by atoms with Crippen LogP contribution in [0.15, 0.2) is 27.6 Å². The molecular weight excluding hydrogens is 380 g/mol. The monoisotopic (exact) mass is 410 g/mol. The van der Waals surface area contributed by atoms with Crippen LogP contribution in [0.2, 0.25) is 0 Å². The number of carbonyl (C=O) groups excluding carboxylic acids is 1. The molecule has 1 atom stereocenters. The molecule has 5 aliphatic rings. The lowest BCUT2D eigenvalue weighted by atomic mass is 9.48. The van der Waals surface area contributed by atoms with E-state index >= 15 is 0 Å². The Bertz CT molecular complexity index is 979. The first-order valence-electron chi connectivity index (χ1n) is 11.5. The van der Waals surface area contributed by atoms with Gasteiger partial charge in [-0.1, -0.05) is 0 Å². The first-order valence-corrected chi connectivity index (χ1v) is 11.5. The van der Waals surface area contributed by atoms with Crippen molar-refractivity contribution in [3.63, 3.8) is 0 Å². The number of carbonyl (C=O) groups is 1. The Morgan fingerprint density at radius 3 is 2.47 bits per heavy atom. The van der Waals surface area contributed by atoms with Gasteiger partial charge in [0.2, 0.25) is 11.7 Å². The van der Waals surface area contributed by atoms with Crippen LogP contribution < -0.4 is 11.0 Å². The molecular formula is C23H30N4O3. The number of amides is 1. The lowest BCUT2D eigenvalue weighted by Gasteiger charge is -2.59. The summed E-state index contributed by atoms with van der Waals surface area (Å²) >= 11 is 0. The molecule has 5 saturated carbocycles. The van der Waals surface area contributed by atoms with Gasteiger partial charge in [-0.2, -0.15) is 0 Å². The van der Waals surface area contributed by atoms with Crippen LogP contribution in [0, 0.1) is 23.2 Å². The van der Waals surface area contributed by atoms with Crippen molar-refractivity contribution < 1.29 is 9.21 Å². The van der Waals surface area contributed by atoms with Crippen LogP contribution in [-0.2, 0) is 11.3 Å². The summed E-state index contributed by atoms with van der Waals surface area (Å²) in [6.45, 7) is 2.13. The number of nitrogens with zero attached hydrogens (tertiary/aromatic N) is 3. The van der Waals surface area contributed by atoms with Gasteiger partial charge in [0.15, 0.2) is 5.76 Å². The van der Waals surface area contributed by atoms with Gasteiger partial charge in [0.1, 0.15) is 6.54 Å². The van der Waals surface area contributed by atoms with Crippen LogP contribution in [0.1, 0.15) is 64.3 Å². The average Bonchev–Trinajstić information content (AvgIpc) is 3.27. The minimum absolute atomic E-state index is 0.0387. The van der Waals surface area contributed by atoms with Crippen molar-refractivity contribution in [1.29, 1.82) is 0 Å². The smallest absolute Gasteiger partial charge is 0.347 e. The van der Waals surface area contributed by atoms with E-state index in [1.54, 1.807) is 23.0 Å². The quantitative estimate of drug-likeness (QED) is 0.792. The van der Waals surface area contributed by atoms with Gasteiger partial charge in [-0.05, 0) is 93.6 Å². The van der Waals surface area contributed by atoms with Gasteiger partial charge >= 0.3 is 5.69 Å². The molecule has 0 aliphatic heterocycles. The summed E-state index contributed by atoms with van der Waals surface area (Å²) < 4.78 is 8.47. The number of furan rings is 1. The second kappa shape index (κ2) is 6.59. The van der Waals surface area contributed by atoms with Crippen LogP contribution in [0.5, 0.6) is 0 Å². The number of hydrogen-bond acceptors (Lipinski definition) is 4. The van der Waals surface area contributed by atoms with E-state index in [0.717, 1.165) is 30.6 Å². The fourth-order valence-corrected chi connectivity index (χ4v) is 7.04. The summed E-state index contributed by atoms with van der Waals surface area (Å²) in [4.78, 5) is 25.9. The Morgan fingerprint density at radius 2 is 1.90 bits per heavy atom. The largest absolute Gasteiger partial charge is 0.461 e. The Morgan fingerprint density at radius 1 is 1.23 bits per heavy atom. The van der Waals surface area contributed by atoms with Crippen LogP contribution in [0.25, 0.3) is 11.6 Å². The van der Waals surface area contributed by atoms with Crippen molar-refractivity contribution >= 4 is 5.91 Å². The third-order valence-electron chi connectivity index (χ3n) is 8.20. The molecule has 7 heteroatoms. The molecule has 4 bridgehead atoms. The molecule has 30 heavy (non-hydrogen) atoms. The van der Waals surface area contributed by atoms with E-state index in [2.05, 4.69) is 17.3 Å². The van der Waals surface area contributed by atoms with Gasteiger partial charge in [0, 0.05) is 12.1 Å². The molecule has 160 valence electrons. The van der Waals surface area contributed by atoms with E-state index in [-0.39, 0.29) is 35.6 Å². The highest BCUT2D eigenvalue weighted by Gasteiger charge is 2.53. The molecule has 2 aromatic heterocycles. The molecule has 1 unspecified atom stereocenters. The maximum atomic E-state index is 13.0. The molecule has 5 aliphatic carbocycles. The minimum atomic E-state index is -0.221. The molecule has 2 heterocycles. The van der Waals surface area contributed by atoms with Gasteiger partial charge in [-0.3, -0.25) is 9.36 Å². The highest BCUT2D eigenvalue weighted by molar-refractivity contribution is 5.76.